The van der Waals surface area contributed by atoms with E-state index in [2.05, 4.69) is 16.7 Å². The predicted molar refractivity (Wildman–Crippen MR) is 88.8 cm³/mol. The Morgan fingerprint density at radius 1 is 1.19 bits per heavy atom. The monoisotopic (exact) mass is 359 g/mol. The minimum atomic E-state index is -4.50. The van der Waals surface area contributed by atoms with Crippen LogP contribution in [0.1, 0.15) is 21.5 Å². The molecule has 0 aliphatic rings. The third-order valence-corrected chi connectivity index (χ3v) is 3.69. The van der Waals surface area contributed by atoms with Gasteiger partial charge in [-0.2, -0.15) is 18.3 Å². The van der Waals surface area contributed by atoms with E-state index < -0.39 is 17.7 Å². The lowest BCUT2D eigenvalue weighted by Crippen LogP contribution is -2.07. The fraction of sp³-hybridized carbons (Fsp3) is 0.0556. The van der Waals surface area contributed by atoms with Crippen molar-refractivity contribution in [2.75, 3.05) is 0 Å². The molecule has 5 nitrogen and oxygen atoms in total. The molecule has 0 atom stereocenters. The molecule has 0 aliphatic heterocycles. The van der Waals surface area contributed by atoms with Gasteiger partial charge in [0.1, 0.15) is 11.3 Å². The second-order valence-electron chi connectivity index (χ2n) is 5.34. The van der Waals surface area contributed by atoms with E-state index in [0.717, 1.165) is 16.8 Å². The van der Waals surface area contributed by atoms with Crippen LogP contribution in [0.3, 0.4) is 0 Å². The molecule has 2 heterocycles. The molecule has 0 radical (unpaired) electrons. The molecule has 1 N–H and O–H groups in total. The number of hydrogen-bond donors (Lipinski definition) is 1. The third kappa shape index (κ3) is 3.21. The van der Waals surface area contributed by atoms with Crippen LogP contribution in [0.15, 0.2) is 55.4 Å². The SMILES string of the molecule is C=Cc1ccccc1-c1nn(-c2ccc(C(F)(F)F)cn2)cc1C(=O)O. The standard InChI is InChI=1S/C18H12F3N3O2/c1-2-11-5-3-4-6-13(11)16-14(17(25)26)10-24(23-16)15-8-7-12(9-22-15)18(19,20)21/h2-10H,1H2,(H,25,26). The van der Waals surface area contributed by atoms with E-state index in [1.807, 2.05) is 0 Å². The van der Waals surface area contributed by atoms with Crippen LogP contribution >= 0.6 is 0 Å². The van der Waals surface area contributed by atoms with Gasteiger partial charge in [-0.25, -0.2) is 14.5 Å². The normalized spacial score (nSPS) is 11.3. The van der Waals surface area contributed by atoms with Gasteiger partial charge in [0.15, 0.2) is 5.82 Å². The molecular weight excluding hydrogens is 347 g/mol. The number of halogens is 3. The minimum Gasteiger partial charge on any atom is -0.478 e. The van der Waals surface area contributed by atoms with Crippen LogP contribution in [0.2, 0.25) is 0 Å². The summed E-state index contributed by atoms with van der Waals surface area (Å²) in [6, 6.07) is 8.94. The number of rotatable bonds is 4. The zero-order chi connectivity index (χ0) is 18.9. The summed E-state index contributed by atoms with van der Waals surface area (Å²) in [5.74, 6) is -1.14. The molecule has 0 bridgehead atoms. The molecule has 3 rings (SSSR count). The quantitative estimate of drug-likeness (QED) is 0.754. The van der Waals surface area contributed by atoms with Crippen LogP contribution in [0, 0.1) is 0 Å². The first-order valence-electron chi connectivity index (χ1n) is 7.39. The summed E-state index contributed by atoms with van der Waals surface area (Å²) in [7, 11) is 0. The maximum absolute atomic E-state index is 12.7. The second kappa shape index (κ2) is 6.47. The summed E-state index contributed by atoms with van der Waals surface area (Å²) < 4.78 is 39.1. The molecule has 132 valence electrons. The Bertz CT molecular complexity index is 976. The van der Waals surface area contributed by atoms with Gasteiger partial charge in [-0.3, -0.25) is 0 Å². The summed E-state index contributed by atoms with van der Waals surface area (Å²) >= 11 is 0. The number of carbonyl (C=O) groups is 1. The van der Waals surface area contributed by atoms with E-state index in [4.69, 9.17) is 0 Å². The number of carboxylic acid groups (broad SMARTS) is 1. The fourth-order valence-electron chi connectivity index (χ4n) is 2.43. The van der Waals surface area contributed by atoms with Gasteiger partial charge >= 0.3 is 12.1 Å². The third-order valence-electron chi connectivity index (χ3n) is 3.69. The number of aromatic carboxylic acids is 1. The molecule has 0 saturated carbocycles. The summed E-state index contributed by atoms with van der Waals surface area (Å²) in [6.07, 6.45) is -1.05. The van der Waals surface area contributed by atoms with Crippen molar-refractivity contribution < 1.29 is 23.1 Å². The summed E-state index contributed by atoms with van der Waals surface area (Å²) in [6.45, 7) is 3.69. The number of alkyl halides is 3. The summed E-state index contributed by atoms with van der Waals surface area (Å²) in [5.41, 5.74) is 0.408. The van der Waals surface area contributed by atoms with Crippen LogP contribution in [-0.2, 0) is 6.18 Å². The zero-order valence-electron chi connectivity index (χ0n) is 13.2. The molecular formula is C18H12F3N3O2. The average Bonchev–Trinajstić information content (AvgIpc) is 3.06. The van der Waals surface area contributed by atoms with Crippen molar-refractivity contribution >= 4 is 12.0 Å². The van der Waals surface area contributed by atoms with Crippen LogP contribution in [0.4, 0.5) is 13.2 Å². The molecule has 0 aliphatic carbocycles. The van der Waals surface area contributed by atoms with E-state index >= 15 is 0 Å². The lowest BCUT2D eigenvalue weighted by atomic mass is 10.0. The molecule has 0 amide bonds. The molecule has 1 aromatic carbocycles. The van der Waals surface area contributed by atoms with Crippen molar-refractivity contribution in [1.82, 2.24) is 14.8 Å². The fourth-order valence-corrected chi connectivity index (χ4v) is 2.43. The van der Waals surface area contributed by atoms with E-state index in [9.17, 15) is 23.1 Å². The van der Waals surface area contributed by atoms with Gasteiger partial charge < -0.3 is 5.11 Å². The van der Waals surface area contributed by atoms with Gasteiger partial charge in [-0.15, -0.1) is 0 Å². The van der Waals surface area contributed by atoms with Gasteiger partial charge in [0, 0.05) is 18.0 Å². The Labute approximate surface area is 146 Å². The van der Waals surface area contributed by atoms with E-state index in [1.165, 1.54) is 6.20 Å². The molecule has 0 spiro atoms. The van der Waals surface area contributed by atoms with Crippen molar-refractivity contribution in [3.05, 3.63) is 72.1 Å². The van der Waals surface area contributed by atoms with Crippen LogP contribution < -0.4 is 0 Å². The topological polar surface area (TPSA) is 68.0 Å². The Morgan fingerprint density at radius 3 is 2.50 bits per heavy atom. The molecule has 26 heavy (non-hydrogen) atoms. The highest BCUT2D eigenvalue weighted by Crippen LogP contribution is 2.30. The largest absolute Gasteiger partial charge is 0.478 e. The zero-order valence-corrected chi connectivity index (χ0v) is 13.2. The number of carboxylic acids is 1. The van der Waals surface area contributed by atoms with Gasteiger partial charge in [-0.05, 0) is 17.7 Å². The van der Waals surface area contributed by atoms with Crippen molar-refractivity contribution in [2.45, 2.75) is 6.18 Å². The van der Waals surface area contributed by atoms with Crippen molar-refractivity contribution in [3.63, 3.8) is 0 Å². The first-order valence-corrected chi connectivity index (χ1v) is 7.39. The Morgan fingerprint density at radius 2 is 1.92 bits per heavy atom. The first-order chi connectivity index (χ1) is 12.3. The number of benzene rings is 1. The Kier molecular flexibility index (Phi) is 4.33. The van der Waals surface area contributed by atoms with Gasteiger partial charge in [0.2, 0.25) is 0 Å². The highest BCUT2D eigenvalue weighted by Gasteiger charge is 2.30. The summed E-state index contributed by atoms with van der Waals surface area (Å²) in [4.78, 5) is 15.3. The minimum absolute atomic E-state index is 0.0721. The Hall–Kier alpha value is -3.42. The maximum atomic E-state index is 12.7. The van der Waals surface area contributed by atoms with Crippen molar-refractivity contribution in [2.24, 2.45) is 0 Å². The number of nitrogens with zero attached hydrogens (tertiary/aromatic N) is 3. The highest BCUT2D eigenvalue weighted by molar-refractivity contribution is 5.96. The van der Waals surface area contributed by atoms with Crippen LogP contribution in [0.5, 0.6) is 0 Å². The van der Waals surface area contributed by atoms with Gasteiger partial charge in [0.25, 0.3) is 0 Å². The number of pyridine rings is 1. The van der Waals surface area contributed by atoms with Crippen molar-refractivity contribution in [3.8, 4) is 17.1 Å². The molecule has 2 aromatic heterocycles. The predicted octanol–water partition coefficient (Wildman–Crippen LogP) is 4.29. The van der Waals surface area contributed by atoms with Crippen LogP contribution in [-0.4, -0.2) is 25.8 Å². The lowest BCUT2D eigenvalue weighted by Gasteiger charge is -2.07. The first kappa shape index (κ1) is 17.4. The number of aromatic nitrogens is 3. The lowest BCUT2D eigenvalue weighted by molar-refractivity contribution is -0.137. The highest BCUT2D eigenvalue weighted by atomic mass is 19.4. The molecule has 0 unspecified atom stereocenters. The molecule has 0 saturated heterocycles. The maximum Gasteiger partial charge on any atom is 0.417 e. The van der Waals surface area contributed by atoms with Gasteiger partial charge in [0.05, 0.1) is 5.56 Å². The van der Waals surface area contributed by atoms with E-state index in [1.54, 1.807) is 30.3 Å². The van der Waals surface area contributed by atoms with E-state index in [-0.39, 0.29) is 17.1 Å². The van der Waals surface area contributed by atoms with Crippen LogP contribution in [0.25, 0.3) is 23.2 Å². The smallest absolute Gasteiger partial charge is 0.417 e. The second-order valence-corrected chi connectivity index (χ2v) is 5.34. The van der Waals surface area contributed by atoms with Crippen molar-refractivity contribution in [1.29, 1.82) is 0 Å². The van der Waals surface area contributed by atoms with E-state index in [0.29, 0.717) is 17.3 Å². The Balaban J connectivity index is 2.11. The summed E-state index contributed by atoms with van der Waals surface area (Å²) in [5, 5.41) is 13.7. The van der Waals surface area contributed by atoms with Gasteiger partial charge in [-0.1, -0.05) is 36.9 Å². The molecule has 0 fully saturated rings. The molecule has 3 aromatic rings. The molecule has 8 heteroatoms. The number of hydrogen-bond acceptors (Lipinski definition) is 3. The average molecular weight is 359 g/mol.